The number of benzene rings is 1. The van der Waals surface area contributed by atoms with E-state index in [1.807, 2.05) is 6.07 Å². The van der Waals surface area contributed by atoms with Crippen molar-refractivity contribution in [1.82, 2.24) is 0 Å². The van der Waals surface area contributed by atoms with Gasteiger partial charge in [-0.1, -0.05) is 12.1 Å². The highest BCUT2D eigenvalue weighted by atomic mass is 19.1. The third kappa shape index (κ3) is 1.26. The van der Waals surface area contributed by atoms with Crippen molar-refractivity contribution in [3.05, 3.63) is 35.1 Å². The van der Waals surface area contributed by atoms with Gasteiger partial charge in [-0.15, -0.1) is 0 Å². The van der Waals surface area contributed by atoms with Crippen LogP contribution in [0.3, 0.4) is 0 Å². The minimum Gasteiger partial charge on any atom is -0.302 e. The number of hydrogen-bond donors (Lipinski definition) is 0. The van der Waals surface area contributed by atoms with E-state index >= 15 is 0 Å². The summed E-state index contributed by atoms with van der Waals surface area (Å²) in [5.74, 6) is -0.217. The van der Waals surface area contributed by atoms with Gasteiger partial charge in [-0.3, -0.25) is 0 Å². The monoisotopic (exact) mass is 178 g/mol. The fraction of sp³-hybridized carbons (Fsp3) is 0.364. The van der Waals surface area contributed by atoms with Gasteiger partial charge in [0.25, 0.3) is 0 Å². The van der Waals surface area contributed by atoms with Crippen molar-refractivity contribution < 1.29 is 9.18 Å². The van der Waals surface area contributed by atoms with Crippen LogP contribution in [0.25, 0.3) is 0 Å². The van der Waals surface area contributed by atoms with Gasteiger partial charge in [0.1, 0.15) is 12.1 Å². The Morgan fingerprint density at radius 2 is 2.15 bits per heavy atom. The number of carbonyl (C=O) groups is 1. The fourth-order valence-corrected chi connectivity index (χ4v) is 1.51. The lowest BCUT2D eigenvalue weighted by Crippen LogP contribution is -2.08. The first kappa shape index (κ1) is 8.42. The Balaban J connectivity index is 2.42. The van der Waals surface area contributed by atoms with E-state index in [2.05, 4.69) is 0 Å². The Labute approximate surface area is 76.6 Å². The molecule has 2 rings (SSSR count). The maximum absolute atomic E-state index is 13.2. The van der Waals surface area contributed by atoms with Crippen molar-refractivity contribution in [3.8, 4) is 0 Å². The van der Waals surface area contributed by atoms with Crippen molar-refractivity contribution >= 4 is 6.29 Å². The van der Waals surface area contributed by atoms with E-state index in [4.69, 9.17) is 0 Å². The Morgan fingerprint density at radius 1 is 1.46 bits per heavy atom. The molecule has 0 radical (unpaired) electrons. The molecule has 2 heteroatoms. The molecular formula is C11H11FO. The molecule has 0 amide bonds. The molecule has 68 valence electrons. The van der Waals surface area contributed by atoms with Gasteiger partial charge in [0.05, 0.1) is 5.41 Å². The average molecular weight is 178 g/mol. The molecule has 0 aromatic heterocycles. The predicted octanol–water partition coefficient (Wildman–Crippen LogP) is 2.36. The van der Waals surface area contributed by atoms with Gasteiger partial charge in [-0.2, -0.15) is 0 Å². The number of halogens is 1. The number of aldehydes is 1. The lowest BCUT2D eigenvalue weighted by Gasteiger charge is -2.07. The molecule has 0 saturated heterocycles. The van der Waals surface area contributed by atoms with Crippen LogP contribution in [-0.4, -0.2) is 6.29 Å². The zero-order valence-corrected chi connectivity index (χ0v) is 7.51. The zero-order valence-electron chi connectivity index (χ0n) is 7.51. The first-order valence-electron chi connectivity index (χ1n) is 4.41. The number of hydrogen-bond acceptors (Lipinski definition) is 1. The lowest BCUT2D eigenvalue weighted by atomic mass is 9.97. The van der Waals surface area contributed by atoms with Crippen LogP contribution in [0.1, 0.15) is 24.0 Å². The molecule has 0 heterocycles. The quantitative estimate of drug-likeness (QED) is 0.635. The van der Waals surface area contributed by atoms with Gasteiger partial charge < -0.3 is 4.79 Å². The SMILES string of the molecule is Cc1ccc(C2(C=O)CC2)cc1F. The van der Waals surface area contributed by atoms with E-state index < -0.39 is 0 Å². The molecule has 1 saturated carbocycles. The first-order valence-corrected chi connectivity index (χ1v) is 4.41. The summed E-state index contributed by atoms with van der Waals surface area (Å²) in [5.41, 5.74) is 1.10. The van der Waals surface area contributed by atoms with Gasteiger partial charge in [0.2, 0.25) is 0 Å². The Bertz CT molecular complexity index is 353. The van der Waals surface area contributed by atoms with E-state index in [0.717, 1.165) is 24.7 Å². The zero-order chi connectivity index (χ0) is 9.47. The van der Waals surface area contributed by atoms with Crippen LogP contribution in [0, 0.1) is 12.7 Å². The lowest BCUT2D eigenvalue weighted by molar-refractivity contribution is -0.109. The highest BCUT2D eigenvalue weighted by Gasteiger charge is 2.44. The molecule has 1 aromatic rings. The van der Waals surface area contributed by atoms with Crippen molar-refractivity contribution in [1.29, 1.82) is 0 Å². The van der Waals surface area contributed by atoms with Gasteiger partial charge >= 0.3 is 0 Å². The van der Waals surface area contributed by atoms with E-state index in [1.165, 1.54) is 6.07 Å². The second-order valence-corrected chi connectivity index (χ2v) is 3.74. The minimum atomic E-state index is -0.353. The molecule has 1 fully saturated rings. The third-order valence-corrected chi connectivity index (χ3v) is 2.76. The third-order valence-electron chi connectivity index (χ3n) is 2.76. The van der Waals surface area contributed by atoms with Crippen LogP contribution >= 0.6 is 0 Å². The van der Waals surface area contributed by atoms with Crippen LogP contribution < -0.4 is 0 Å². The second-order valence-electron chi connectivity index (χ2n) is 3.74. The Hall–Kier alpha value is -1.18. The van der Waals surface area contributed by atoms with Gasteiger partial charge in [-0.25, -0.2) is 4.39 Å². The summed E-state index contributed by atoms with van der Waals surface area (Å²) < 4.78 is 13.2. The van der Waals surface area contributed by atoms with Crippen molar-refractivity contribution in [2.24, 2.45) is 0 Å². The molecule has 0 N–H and O–H groups in total. The van der Waals surface area contributed by atoms with Crippen LogP contribution in [-0.2, 0) is 10.2 Å². The standard InChI is InChI=1S/C11H11FO/c1-8-2-3-9(6-10(8)12)11(7-13)4-5-11/h2-3,6-7H,4-5H2,1H3. The summed E-state index contributed by atoms with van der Waals surface area (Å²) in [6.45, 7) is 1.72. The molecule has 13 heavy (non-hydrogen) atoms. The van der Waals surface area contributed by atoms with E-state index in [0.29, 0.717) is 5.56 Å². The van der Waals surface area contributed by atoms with Gasteiger partial charge in [0, 0.05) is 0 Å². The summed E-state index contributed by atoms with van der Waals surface area (Å²) in [5, 5.41) is 0. The van der Waals surface area contributed by atoms with E-state index in [9.17, 15) is 9.18 Å². The van der Waals surface area contributed by atoms with Crippen molar-refractivity contribution in [2.45, 2.75) is 25.2 Å². The van der Waals surface area contributed by atoms with Crippen molar-refractivity contribution in [2.75, 3.05) is 0 Å². The normalized spacial score (nSPS) is 18.3. The molecule has 1 aliphatic rings. The summed E-state index contributed by atoms with van der Waals surface area (Å²) in [4.78, 5) is 10.8. The predicted molar refractivity (Wildman–Crippen MR) is 48.1 cm³/mol. The smallest absolute Gasteiger partial charge is 0.130 e. The second kappa shape index (κ2) is 2.66. The average Bonchev–Trinajstić information content (AvgIpc) is 2.90. The van der Waals surface area contributed by atoms with Crippen molar-refractivity contribution in [3.63, 3.8) is 0 Å². The number of carbonyl (C=O) groups excluding carboxylic acids is 1. The Kier molecular flexibility index (Phi) is 1.72. The van der Waals surface area contributed by atoms with Gasteiger partial charge in [-0.05, 0) is 37.0 Å². The summed E-state index contributed by atoms with van der Waals surface area (Å²) in [6.07, 6.45) is 2.66. The largest absolute Gasteiger partial charge is 0.302 e. The molecule has 0 bridgehead atoms. The molecule has 1 aliphatic carbocycles. The minimum absolute atomic E-state index is 0.217. The van der Waals surface area contributed by atoms with E-state index in [1.54, 1.807) is 13.0 Å². The fourth-order valence-electron chi connectivity index (χ4n) is 1.51. The molecule has 0 aliphatic heterocycles. The maximum Gasteiger partial charge on any atom is 0.130 e. The summed E-state index contributed by atoms with van der Waals surface area (Å²) in [7, 11) is 0. The van der Waals surface area contributed by atoms with E-state index in [-0.39, 0.29) is 11.2 Å². The van der Waals surface area contributed by atoms with Crippen LogP contribution in [0.5, 0.6) is 0 Å². The van der Waals surface area contributed by atoms with Gasteiger partial charge in [0.15, 0.2) is 0 Å². The van der Waals surface area contributed by atoms with Crippen LogP contribution in [0.2, 0.25) is 0 Å². The number of rotatable bonds is 2. The molecule has 0 atom stereocenters. The summed E-state index contributed by atoms with van der Waals surface area (Å²) in [6, 6.07) is 5.06. The Morgan fingerprint density at radius 3 is 2.62 bits per heavy atom. The maximum atomic E-state index is 13.2. The van der Waals surface area contributed by atoms with Crippen LogP contribution in [0.4, 0.5) is 4.39 Å². The molecular weight excluding hydrogens is 167 g/mol. The summed E-state index contributed by atoms with van der Waals surface area (Å²) >= 11 is 0. The molecule has 1 aromatic carbocycles. The first-order chi connectivity index (χ1) is 6.18. The van der Waals surface area contributed by atoms with Crippen LogP contribution in [0.15, 0.2) is 18.2 Å². The molecule has 1 nitrogen and oxygen atoms in total. The highest BCUT2D eigenvalue weighted by molar-refractivity contribution is 5.73. The molecule has 0 unspecified atom stereocenters. The highest BCUT2D eigenvalue weighted by Crippen LogP contribution is 2.46. The topological polar surface area (TPSA) is 17.1 Å². The molecule has 0 spiro atoms. The number of aryl methyl sites for hydroxylation is 1.